The zero-order valence-electron chi connectivity index (χ0n) is 17.4. The SMILES string of the molecule is COc1ccccc1P(c1ccccc1OC)C1CCC([C@@H](C)N(C)C)C1Br. The second-order valence-corrected chi connectivity index (χ2v) is 11.1. The molecule has 0 heterocycles. The lowest BCUT2D eigenvalue weighted by atomic mass is 9.99. The molecule has 152 valence electrons. The Kier molecular flexibility index (Phi) is 7.42. The van der Waals surface area contributed by atoms with E-state index in [0.717, 1.165) is 11.5 Å². The van der Waals surface area contributed by atoms with Crippen LogP contribution < -0.4 is 20.1 Å². The lowest BCUT2D eigenvalue weighted by Crippen LogP contribution is -2.37. The van der Waals surface area contributed by atoms with E-state index in [-0.39, 0.29) is 0 Å². The van der Waals surface area contributed by atoms with E-state index < -0.39 is 7.92 Å². The molecule has 2 aromatic carbocycles. The van der Waals surface area contributed by atoms with Crippen molar-refractivity contribution in [2.24, 2.45) is 5.92 Å². The number of nitrogens with zero attached hydrogens (tertiary/aromatic N) is 1. The van der Waals surface area contributed by atoms with Gasteiger partial charge in [-0.3, -0.25) is 0 Å². The Labute approximate surface area is 179 Å². The van der Waals surface area contributed by atoms with Crippen molar-refractivity contribution in [1.29, 1.82) is 0 Å². The van der Waals surface area contributed by atoms with E-state index in [1.807, 2.05) is 0 Å². The first kappa shape index (κ1) is 21.6. The summed E-state index contributed by atoms with van der Waals surface area (Å²) >= 11 is 4.14. The Morgan fingerprint density at radius 1 is 0.929 bits per heavy atom. The summed E-state index contributed by atoms with van der Waals surface area (Å²) in [4.78, 5) is 2.81. The molecule has 0 radical (unpaired) electrons. The highest BCUT2D eigenvalue weighted by atomic mass is 79.9. The van der Waals surface area contributed by atoms with Crippen LogP contribution in [0.4, 0.5) is 0 Å². The maximum absolute atomic E-state index is 5.78. The van der Waals surface area contributed by atoms with Crippen LogP contribution in [-0.4, -0.2) is 49.7 Å². The molecule has 0 aliphatic heterocycles. The number of rotatable bonds is 7. The number of hydrogen-bond donors (Lipinski definition) is 0. The summed E-state index contributed by atoms with van der Waals surface area (Å²) in [5.41, 5.74) is 0.537. The van der Waals surface area contributed by atoms with Crippen LogP contribution in [0.5, 0.6) is 11.5 Å². The largest absolute Gasteiger partial charge is 0.496 e. The van der Waals surface area contributed by atoms with Crippen LogP contribution in [0.3, 0.4) is 0 Å². The maximum Gasteiger partial charge on any atom is 0.126 e. The van der Waals surface area contributed by atoms with Crippen LogP contribution in [0.15, 0.2) is 48.5 Å². The molecule has 3 rings (SSSR count). The molecule has 0 aromatic heterocycles. The number of methoxy groups -OCH3 is 2. The topological polar surface area (TPSA) is 21.7 Å². The van der Waals surface area contributed by atoms with Gasteiger partial charge in [0, 0.05) is 27.1 Å². The van der Waals surface area contributed by atoms with Gasteiger partial charge in [-0.15, -0.1) is 0 Å². The fraction of sp³-hybridized carbons (Fsp3) is 0.478. The summed E-state index contributed by atoms with van der Waals surface area (Å²) in [6.45, 7) is 2.34. The van der Waals surface area contributed by atoms with Crippen molar-refractivity contribution in [2.75, 3.05) is 28.3 Å². The van der Waals surface area contributed by atoms with Gasteiger partial charge in [-0.25, -0.2) is 0 Å². The van der Waals surface area contributed by atoms with E-state index in [4.69, 9.17) is 9.47 Å². The van der Waals surface area contributed by atoms with Crippen molar-refractivity contribution in [3.05, 3.63) is 48.5 Å². The summed E-state index contributed by atoms with van der Waals surface area (Å²) in [5, 5.41) is 2.61. The molecule has 1 saturated carbocycles. The number of alkyl halides is 1. The molecule has 0 spiro atoms. The van der Waals surface area contributed by atoms with Gasteiger partial charge in [0.2, 0.25) is 0 Å². The molecule has 0 amide bonds. The molecule has 0 bridgehead atoms. The van der Waals surface area contributed by atoms with Gasteiger partial charge in [-0.1, -0.05) is 52.3 Å². The zero-order valence-corrected chi connectivity index (χ0v) is 19.9. The molecule has 0 N–H and O–H groups in total. The quantitative estimate of drug-likeness (QED) is 0.441. The summed E-state index contributed by atoms with van der Waals surface area (Å²) in [6.07, 6.45) is 2.45. The molecule has 1 fully saturated rings. The minimum atomic E-state index is -0.631. The maximum atomic E-state index is 5.78. The molecule has 4 atom stereocenters. The van der Waals surface area contributed by atoms with Crippen LogP contribution in [-0.2, 0) is 0 Å². The fourth-order valence-corrected chi connectivity index (χ4v) is 9.14. The number of hydrogen-bond acceptors (Lipinski definition) is 3. The fourth-order valence-electron chi connectivity index (χ4n) is 4.27. The first-order valence-corrected chi connectivity index (χ1v) is 12.2. The van der Waals surface area contributed by atoms with E-state index >= 15 is 0 Å². The molecule has 3 unspecified atom stereocenters. The van der Waals surface area contributed by atoms with E-state index in [1.165, 1.54) is 23.5 Å². The standard InChI is InChI=1S/C23H31BrNO2P/c1-16(25(2)3)17-14-15-22(23(17)24)28(20-12-8-6-10-18(20)26-4)21-13-9-7-11-19(21)27-5/h6-13,16-17,22-23H,14-15H2,1-5H3/t16-,17?,22?,23?/m1/s1. The minimum absolute atomic E-state index is 0.464. The second-order valence-electron chi connectivity index (χ2n) is 7.67. The number of ether oxygens (including phenoxy) is 2. The molecule has 28 heavy (non-hydrogen) atoms. The van der Waals surface area contributed by atoms with Crippen LogP contribution in [0, 0.1) is 5.92 Å². The summed E-state index contributed by atoms with van der Waals surface area (Å²) in [6, 6.07) is 17.5. The van der Waals surface area contributed by atoms with Crippen molar-refractivity contribution in [3.63, 3.8) is 0 Å². The average Bonchev–Trinajstić information content (AvgIpc) is 3.09. The molecule has 1 aliphatic rings. The number of para-hydroxylation sites is 2. The van der Waals surface area contributed by atoms with Gasteiger partial charge in [0.25, 0.3) is 0 Å². The first-order chi connectivity index (χ1) is 13.5. The number of benzene rings is 2. The van der Waals surface area contributed by atoms with E-state index in [2.05, 4.69) is 90.4 Å². The monoisotopic (exact) mass is 463 g/mol. The third-order valence-electron chi connectivity index (χ3n) is 6.03. The number of halogens is 1. The van der Waals surface area contributed by atoms with E-state index in [0.29, 0.717) is 22.4 Å². The Bertz CT molecular complexity index is 737. The Morgan fingerprint density at radius 2 is 1.43 bits per heavy atom. The van der Waals surface area contributed by atoms with Crippen molar-refractivity contribution in [2.45, 2.75) is 36.3 Å². The van der Waals surface area contributed by atoms with Gasteiger partial charge < -0.3 is 14.4 Å². The molecule has 3 nitrogen and oxygen atoms in total. The van der Waals surface area contributed by atoms with Gasteiger partial charge in [-0.05, 0) is 59.8 Å². The van der Waals surface area contributed by atoms with Crippen LogP contribution in [0.25, 0.3) is 0 Å². The third kappa shape index (κ3) is 4.25. The van der Waals surface area contributed by atoms with Gasteiger partial charge in [0.15, 0.2) is 0 Å². The summed E-state index contributed by atoms with van der Waals surface area (Å²) in [7, 11) is 7.27. The van der Waals surface area contributed by atoms with Crippen molar-refractivity contribution in [3.8, 4) is 11.5 Å². The first-order valence-electron chi connectivity index (χ1n) is 9.85. The molecule has 0 saturated heterocycles. The summed E-state index contributed by atoms with van der Waals surface area (Å²) < 4.78 is 11.6. The van der Waals surface area contributed by atoms with Crippen molar-refractivity contribution in [1.82, 2.24) is 4.90 Å². The van der Waals surface area contributed by atoms with Gasteiger partial charge in [0.1, 0.15) is 11.5 Å². The average molecular weight is 464 g/mol. The molecular formula is C23H31BrNO2P. The predicted octanol–water partition coefficient (Wildman–Crippen LogP) is 4.63. The van der Waals surface area contributed by atoms with E-state index in [1.54, 1.807) is 14.2 Å². The Hall–Kier alpha value is -1.09. The lowest BCUT2D eigenvalue weighted by Gasteiger charge is -2.33. The van der Waals surface area contributed by atoms with Gasteiger partial charge in [-0.2, -0.15) is 0 Å². The highest BCUT2D eigenvalue weighted by Crippen LogP contribution is 2.54. The highest BCUT2D eigenvalue weighted by Gasteiger charge is 2.43. The molecule has 5 heteroatoms. The lowest BCUT2D eigenvalue weighted by molar-refractivity contribution is 0.234. The molecule has 2 aromatic rings. The van der Waals surface area contributed by atoms with Gasteiger partial charge >= 0.3 is 0 Å². The van der Waals surface area contributed by atoms with Crippen molar-refractivity contribution < 1.29 is 9.47 Å². The Morgan fingerprint density at radius 3 is 1.89 bits per heavy atom. The van der Waals surface area contributed by atoms with Crippen LogP contribution in [0.1, 0.15) is 19.8 Å². The predicted molar refractivity (Wildman–Crippen MR) is 125 cm³/mol. The van der Waals surface area contributed by atoms with Gasteiger partial charge in [0.05, 0.1) is 14.2 Å². The normalized spacial score (nSPS) is 23.2. The zero-order chi connectivity index (χ0) is 20.3. The third-order valence-corrected chi connectivity index (χ3v) is 10.8. The van der Waals surface area contributed by atoms with Crippen molar-refractivity contribution >= 4 is 34.5 Å². The van der Waals surface area contributed by atoms with Crippen LogP contribution >= 0.6 is 23.9 Å². The van der Waals surface area contributed by atoms with Crippen LogP contribution in [0.2, 0.25) is 0 Å². The smallest absolute Gasteiger partial charge is 0.126 e. The second kappa shape index (κ2) is 9.61. The minimum Gasteiger partial charge on any atom is -0.496 e. The van der Waals surface area contributed by atoms with E-state index in [9.17, 15) is 0 Å². The summed E-state index contributed by atoms with van der Waals surface area (Å²) in [5.74, 6) is 2.58. The highest BCUT2D eigenvalue weighted by molar-refractivity contribution is 9.09. The Balaban J connectivity index is 2.08. The molecular weight excluding hydrogens is 433 g/mol. The molecule has 1 aliphatic carbocycles.